The second kappa shape index (κ2) is 11.0. The summed E-state index contributed by atoms with van der Waals surface area (Å²) in [4.78, 5) is 37.3. The number of amides is 2. The molecular weight excluding hydrogens is 368 g/mol. The zero-order valence-corrected chi connectivity index (χ0v) is 17.1. The van der Waals surface area contributed by atoms with Gasteiger partial charge in [0.1, 0.15) is 6.04 Å². The molecule has 0 aliphatic heterocycles. The van der Waals surface area contributed by atoms with Crippen LogP contribution in [0, 0.1) is 5.92 Å². The number of ether oxygens (including phenoxy) is 1. The van der Waals surface area contributed by atoms with Gasteiger partial charge in [-0.3, -0.25) is 9.59 Å². The molecule has 29 heavy (non-hydrogen) atoms. The maximum atomic E-state index is 12.7. The number of hydrogen-bond acceptors (Lipinski definition) is 4. The third-order valence-electron chi connectivity index (χ3n) is 4.46. The van der Waals surface area contributed by atoms with E-state index in [0.29, 0.717) is 12.0 Å². The van der Waals surface area contributed by atoms with E-state index < -0.39 is 18.1 Å². The summed E-state index contributed by atoms with van der Waals surface area (Å²) in [5, 5.41) is 5.67. The van der Waals surface area contributed by atoms with Crippen LogP contribution in [0.2, 0.25) is 0 Å². The van der Waals surface area contributed by atoms with Gasteiger partial charge in [0.25, 0.3) is 5.91 Å². The fourth-order valence-corrected chi connectivity index (χ4v) is 3.04. The summed E-state index contributed by atoms with van der Waals surface area (Å²) < 4.78 is 4.80. The van der Waals surface area contributed by atoms with Crippen molar-refractivity contribution < 1.29 is 19.1 Å². The van der Waals surface area contributed by atoms with Gasteiger partial charge in [-0.25, -0.2) is 4.79 Å². The van der Waals surface area contributed by atoms with Gasteiger partial charge in [0, 0.05) is 5.56 Å². The predicted molar refractivity (Wildman–Crippen MR) is 111 cm³/mol. The summed E-state index contributed by atoms with van der Waals surface area (Å²) in [5.41, 5.74) is 1.33. The minimum Gasteiger partial charge on any atom is -0.467 e. The quantitative estimate of drug-likeness (QED) is 0.637. The second-order valence-corrected chi connectivity index (χ2v) is 7.28. The van der Waals surface area contributed by atoms with Crippen LogP contribution in [0.25, 0.3) is 0 Å². The molecule has 0 aromatic heterocycles. The van der Waals surface area contributed by atoms with Crippen molar-refractivity contribution in [3.8, 4) is 0 Å². The van der Waals surface area contributed by atoms with Gasteiger partial charge in [0.2, 0.25) is 5.91 Å². The number of esters is 1. The van der Waals surface area contributed by atoms with Crippen molar-refractivity contribution >= 4 is 17.8 Å². The Morgan fingerprint density at radius 2 is 1.48 bits per heavy atom. The average Bonchev–Trinajstić information content (AvgIpc) is 2.73. The number of benzene rings is 2. The Hall–Kier alpha value is -3.15. The lowest BCUT2D eigenvalue weighted by atomic mass is 10.0. The first kappa shape index (κ1) is 22.1. The largest absolute Gasteiger partial charge is 0.467 e. The van der Waals surface area contributed by atoms with Crippen LogP contribution < -0.4 is 10.6 Å². The molecule has 0 radical (unpaired) electrons. The normalized spacial score (nSPS) is 12.7. The number of methoxy groups -OCH3 is 1. The molecule has 2 N–H and O–H groups in total. The minimum atomic E-state index is -0.714. The molecule has 0 fully saturated rings. The molecule has 0 heterocycles. The van der Waals surface area contributed by atoms with Crippen molar-refractivity contribution in [3.05, 3.63) is 71.8 Å². The fourth-order valence-electron chi connectivity index (χ4n) is 3.04. The predicted octanol–water partition coefficient (Wildman–Crippen LogP) is 3.25. The van der Waals surface area contributed by atoms with E-state index in [4.69, 9.17) is 4.74 Å². The van der Waals surface area contributed by atoms with Crippen LogP contribution in [0.15, 0.2) is 60.7 Å². The SMILES string of the molecule is COC(=O)[C@@H](CC(C)C)NC(=O)C[C@H](NC(=O)c1ccccc1)c1ccccc1. The van der Waals surface area contributed by atoms with Gasteiger partial charge < -0.3 is 15.4 Å². The van der Waals surface area contributed by atoms with Crippen LogP contribution in [0.3, 0.4) is 0 Å². The van der Waals surface area contributed by atoms with Crippen LogP contribution in [0.5, 0.6) is 0 Å². The molecule has 2 amide bonds. The van der Waals surface area contributed by atoms with E-state index in [9.17, 15) is 14.4 Å². The van der Waals surface area contributed by atoms with Gasteiger partial charge in [-0.15, -0.1) is 0 Å². The smallest absolute Gasteiger partial charge is 0.328 e. The molecule has 154 valence electrons. The van der Waals surface area contributed by atoms with Gasteiger partial charge in [-0.2, -0.15) is 0 Å². The fraction of sp³-hybridized carbons (Fsp3) is 0.348. The molecule has 2 aromatic carbocycles. The van der Waals surface area contributed by atoms with E-state index in [1.165, 1.54) is 7.11 Å². The number of nitrogens with one attached hydrogen (secondary N) is 2. The molecule has 0 aliphatic rings. The molecule has 0 spiro atoms. The molecular formula is C23H28N2O4. The lowest BCUT2D eigenvalue weighted by Gasteiger charge is -2.22. The number of carbonyl (C=O) groups is 3. The van der Waals surface area contributed by atoms with Crippen LogP contribution >= 0.6 is 0 Å². The average molecular weight is 396 g/mol. The minimum absolute atomic E-state index is 0.00811. The van der Waals surface area contributed by atoms with Gasteiger partial charge in [0.15, 0.2) is 0 Å². The number of rotatable bonds is 9. The third kappa shape index (κ3) is 7.07. The third-order valence-corrected chi connectivity index (χ3v) is 4.46. The summed E-state index contributed by atoms with van der Waals surface area (Å²) >= 11 is 0. The van der Waals surface area contributed by atoms with Crippen molar-refractivity contribution in [2.24, 2.45) is 5.92 Å². The summed E-state index contributed by atoms with van der Waals surface area (Å²) in [6.07, 6.45) is 0.485. The Morgan fingerprint density at radius 1 is 0.897 bits per heavy atom. The van der Waals surface area contributed by atoms with Gasteiger partial charge in [-0.05, 0) is 30.0 Å². The van der Waals surface area contributed by atoms with Crippen LogP contribution in [-0.2, 0) is 14.3 Å². The lowest BCUT2D eigenvalue weighted by molar-refractivity contribution is -0.145. The number of hydrogen-bond donors (Lipinski definition) is 2. The number of carbonyl (C=O) groups excluding carboxylic acids is 3. The molecule has 6 heteroatoms. The Balaban J connectivity index is 2.13. The highest BCUT2D eigenvalue weighted by Crippen LogP contribution is 2.18. The second-order valence-electron chi connectivity index (χ2n) is 7.28. The first-order chi connectivity index (χ1) is 13.9. The van der Waals surface area contributed by atoms with Crippen LogP contribution in [0.4, 0.5) is 0 Å². The van der Waals surface area contributed by atoms with Crippen molar-refractivity contribution in [2.45, 2.75) is 38.8 Å². The van der Waals surface area contributed by atoms with E-state index in [2.05, 4.69) is 10.6 Å². The molecule has 0 bridgehead atoms. The standard InChI is InChI=1S/C23H28N2O4/c1-16(2)14-20(23(28)29-3)24-21(26)15-19(17-10-6-4-7-11-17)25-22(27)18-12-8-5-9-13-18/h4-13,16,19-20H,14-15H2,1-3H3,(H,24,26)(H,25,27)/t19-,20+/m0/s1. The van der Waals surface area contributed by atoms with E-state index in [0.717, 1.165) is 5.56 Å². The van der Waals surface area contributed by atoms with Crippen molar-refractivity contribution in [3.63, 3.8) is 0 Å². The zero-order chi connectivity index (χ0) is 21.2. The highest BCUT2D eigenvalue weighted by atomic mass is 16.5. The molecule has 0 saturated carbocycles. The van der Waals surface area contributed by atoms with Crippen LogP contribution in [0.1, 0.15) is 48.7 Å². The summed E-state index contributed by atoms with van der Waals surface area (Å²) in [6, 6.07) is 16.9. The van der Waals surface area contributed by atoms with Gasteiger partial charge in [0.05, 0.1) is 19.6 Å². The summed E-state index contributed by atoms with van der Waals surface area (Å²) in [5.74, 6) is -0.860. The molecule has 0 aliphatic carbocycles. The first-order valence-electron chi connectivity index (χ1n) is 9.68. The van der Waals surface area contributed by atoms with E-state index in [1.54, 1.807) is 24.3 Å². The molecule has 2 atom stereocenters. The Labute approximate surface area is 171 Å². The Morgan fingerprint density at radius 3 is 2.03 bits per heavy atom. The molecule has 0 unspecified atom stereocenters. The topological polar surface area (TPSA) is 84.5 Å². The highest BCUT2D eigenvalue weighted by molar-refractivity contribution is 5.94. The van der Waals surface area contributed by atoms with E-state index in [-0.39, 0.29) is 24.2 Å². The van der Waals surface area contributed by atoms with E-state index >= 15 is 0 Å². The monoisotopic (exact) mass is 396 g/mol. The van der Waals surface area contributed by atoms with Crippen molar-refractivity contribution in [2.75, 3.05) is 7.11 Å². The molecule has 0 saturated heterocycles. The molecule has 2 rings (SSSR count). The zero-order valence-electron chi connectivity index (χ0n) is 17.1. The molecule has 2 aromatic rings. The van der Waals surface area contributed by atoms with Crippen molar-refractivity contribution in [1.82, 2.24) is 10.6 Å². The first-order valence-corrected chi connectivity index (χ1v) is 9.68. The summed E-state index contributed by atoms with van der Waals surface area (Å²) in [6.45, 7) is 3.93. The summed E-state index contributed by atoms with van der Waals surface area (Å²) in [7, 11) is 1.30. The van der Waals surface area contributed by atoms with Crippen molar-refractivity contribution in [1.29, 1.82) is 0 Å². The van der Waals surface area contributed by atoms with E-state index in [1.807, 2.05) is 50.2 Å². The lowest BCUT2D eigenvalue weighted by Crippen LogP contribution is -2.44. The van der Waals surface area contributed by atoms with Gasteiger partial charge in [-0.1, -0.05) is 62.4 Å². The maximum absolute atomic E-state index is 12.7. The Kier molecular flexibility index (Phi) is 8.40. The van der Waals surface area contributed by atoms with Crippen LogP contribution in [-0.4, -0.2) is 30.9 Å². The maximum Gasteiger partial charge on any atom is 0.328 e. The van der Waals surface area contributed by atoms with Gasteiger partial charge >= 0.3 is 5.97 Å². The highest BCUT2D eigenvalue weighted by Gasteiger charge is 2.25. The Bertz CT molecular complexity index is 806. The molecule has 6 nitrogen and oxygen atoms in total.